The molecule has 1 saturated heterocycles. The van der Waals surface area contributed by atoms with Crippen LogP contribution in [0.3, 0.4) is 0 Å². The maximum absolute atomic E-state index is 11.8. The van der Waals surface area contributed by atoms with Crippen LogP contribution in [0.1, 0.15) is 39.0 Å². The standard InChI is InChI=1S/C13H27N3O/c1-11(7-9-16(2)3)15-13(17)10-12-6-4-5-8-14-12/h11-12,14H,4-10H2,1-3H3,(H,15,17). The Hall–Kier alpha value is -0.610. The quantitative estimate of drug-likeness (QED) is 0.728. The summed E-state index contributed by atoms with van der Waals surface area (Å²) in [7, 11) is 4.11. The second-order valence-corrected chi connectivity index (χ2v) is 5.41. The van der Waals surface area contributed by atoms with Crippen LogP contribution in [0.25, 0.3) is 0 Å². The fraction of sp³-hybridized carbons (Fsp3) is 0.923. The Morgan fingerprint density at radius 2 is 2.24 bits per heavy atom. The lowest BCUT2D eigenvalue weighted by Gasteiger charge is -2.24. The third-order valence-corrected chi connectivity index (χ3v) is 3.26. The Kier molecular flexibility index (Phi) is 6.52. The highest BCUT2D eigenvalue weighted by molar-refractivity contribution is 5.76. The fourth-order valence-corrected chi connectivity index (χ4v) is 2.18. The average Bonchev–Trinajstić information content (AvgIpc) is 2.27. The largest absolute Gasteiger partial charge is 0.354 e. The molecule has 0 radical (unpaired) electrons. The number of nitrogens with one attached hydrogen (secondary N) is 2. The second-order valence-electron chi connectivity index (χ2n) is 5.41. The molecule has 0 aromatic heterocycles. The van der Waals surface area contributed by atoms with E-state index in [1.807, 2.05) is 0 Å². The lowest BCUT2D eigenvalue weighted by molar-refractivity contribution is -0.122. The predicted molar refractivity (Wildman–Crippen MR) is 71.0 cm³/mol. The molecule has 1 aliphatic rings. The van der Waals surface area contributed by atoms with Crippen LogP contribution >= 0.6 is 0 Å². The van der Waals surface area contributed by atoms with Gasteiger partial charge in [-0.15, -0.1) is 0 Å². The highest BCUT2D eigenvalue weighted by Gasteiger charge is 2.17. The molecule has 4 nitrogen and oxygen atoms in total. The van der Waals surface area contributed by atoms with Crippen LogP contribution in [0, 0.1) is 0 Å². The Labute approximate surface area is 105 Å². The highest BCUT2D eigenvalue weighted by Crippen LogP contribution is 2.10. The van der Waals surface area contributed by atoms with Crippen molar-refractivity contribution in [1.29, 1.82) is 0 Å². The Balaban J connectivity index is 2.14. The molecule has 4 heteroatoms. The van der Waals surface area contributed by atoms with E-state index in [0.29, 0.717) is 12.5 Å². The number of carbonyl (C=O) groups excluding carboxylic acids is 1. The van der Waals surface area contributed by atoms with Gasteiger partial charge in [0, 0.05) is 18.5 Å². The maximum Gasteiger partial charge on any atom is 0.221 e. The number of rotatable bonds is 6. The zero-order valence-electron chi connectivity index (χ0n) is 11.5. The van der Waals surface area contributed by atoms with Crippen molar-refractivity contribution in [2.24, 2.45) is 0 Å². The summed E-state index contributed by atoms with van der Waals surface area (Å²) in [5, 5.41) is 6.48. The van der Waals surface area contributed by atoms with E-state index in [4.69, 9.17) is 0 Å². The molecule has 0 saturated carbocycles. The molecule has 1 fully saturated rings. The lowest BCUT2D eigenvalue weighted by atomic mass is 10.0. The van der Waals surface area contributed by atoms with Gasteiger partial charge in [0.05, 0.1) is 0 Å². The third kappa shape index (κ3) is 6.64. The first kappa shape index (κ1) is 14.5. The molecule has 1 aliphatic heterocycles. The van der Waals surface area contributed by atoms with Gasteiger partial charge in [-0.2, -0.15) is 0 Å². The molecule has 0 spiro atoms. The first-order chi connectivity index (χ1) is 8.08. The van der Waals surface area contributed by atoms with E-state index in [1.165, 1.54) is 12.8 Å². The summed E-state index contributed by atoms with van der Waals surface area (Å²) >= 11 is 0. The SMILES string of the molecule is CC(CCN(C)C)NC(=O)CC1CCCCN1. The minimum absolute atomic E-state index is 0.190. The van der Waals surface area contributed by atoms with Gasteiger partial charge in [-0.25, -0.2) is 0 Å². The summed E-state index contributed by atoms with van der Waals surface area (Å²) in [5.74, 6) is 0.190. The van der Waals surface area contributed by atoms with Gasteiger partial charge in [0.25, 0.3) is 0 Å². The van der Waals surface area contributed by atoms with Crippen molar-refractivity contribution in [3.63, 3.8) is 0 Å². The molecule has 0 aromatic rings. The van der Waals surface area contributed by atoms with Crippen molar-refractivity contribution >= 4 is 5.91 Å². The Bertz CT molecular complexity index is 225. The van der Waals surface area contributed by atoms with Crippen LogP contribution in [0.5, 0.6) is 0 Å². The molecular weight excluding hydrogens is 214 g/mol. The minimum atomic E-state index is 0.190. The van der Waals surface area contributed by atoms with Crippen molar-refractivity contribution in [3.05, 3.63) is 0 Å². The maximum atomic E-state index is 11.8. The van der Waals surface area contributed by atoms with Crippen molar-refractivity contribution in [2.45, 2.75) is 51.1 Å². The molecule has 1 heterocycles. The van der Waals surface area contributed by atoms with Crippen molar-refractivity contribution < 1.29 is 4.79 Å². The van der Waals surface area contributed by atoms with E-state index in [0.717, 1.165) is 25.9 Å². The first-order valence-corrected chi connectivity index (χ1v) is 6.75. The van der Waals surface area contributed by atoms with Crippen molar-refractivity contribution in [3.8, 4) is 0 Å². The van der Waals surface area contributed by atoms with E-state index in [1.54, 1.807) is 0 Å². The van der Waals surface area contributed by atoms with Gasteiger partial charge in [-0.3, -0.25) is 4.79 Å². The fourth-order valence-electron chi connectivity index (χ4n) is 2.18. The van der Waals surface area contributed by atoms with E-state index in [-0.39, 0.29) is 11.9 Å². The molecule has 2 unspecified atom stereocenters. The van der Waals surface area contributed by atoms with Crippen LogP contribution in [0.15, 0.2) is 0 Å². The normalized spacial score (nSPS) is 22.5. The van der Waals surface area contributed by atoms with Gasteiger partial charge < -0.3 is 15.5 Å². The van der Waals surface area contributed by atoms with E-state index < -0.39 is 0 Å². The molecule has 2 N–H and O–H groups in total. The molecule has 1 rings (SSSR count). The van der Waals surface area contributed by atoms with Gasteiger partial charge in [-0.05, 0) is 53.4 Å². The number of nitrogens with zero attached hydrogens (tertiary/aromatic N) is 1. The average molecular weight is 241 g/mol. The summed E-state index contributed by atoms with van der Waals surface area (Å²) in [6, 6.07) is 0.665. The molecule has 1 amide bonds. The topological polar surface area (TPSA) is 44.4 Å². The molecule has 17 heavy (non-hydrogen) atoms. The van der Waals surface area contributed by atoms with Gasteiger partial charge in [0.1, 0.15) is 0 Å². The summed E-state index contributed by atoms with van der Waals surface area (Å²) in [5.41, 5.74) is 0. The molecule has 0 aliphatic carbocycles. The molecule has 0 bridgehead atoms. The number of hydrogen-bond donors (Lipinski definition) is 2. The van der Waals surface area contributed by atoms with Gasteiger partial charge in [-0.1, -0.05) is 6.42 Å². The van der Waals surface area contributed by atoms with Crippen molar-refractivity contribution in [1.82, 2.24) is 15.5 Å². The molecular formula is C13H27N3O. The van der Waals surface area contributed by atoms with Gasteiger partial charge in [0.2, 0.25) is 5.91 Å². The molecule has 0 aromatic carbocycles. The first-order valence-electron chi connectivity index (χ1n) is 6.75. The predicted octanol–water partition coefficient (Wildman–Crippen LogP) is 0.975. The molecule has 2 atom stereocenters. The number of piperidine rings is 1. The Morgan fingerprint density at radius 3 is 2.82 bits per heavy atom. The minimum Gasteiger partial charge on any atom is -0.354 e. The van der Waals surface area contributed by atoms with Gasteiger partial charge >= 0.3 is 0 Å². The van der Waals surface area contributed by atoms with Crippen LogP contribution in [-0.2, 0) is 4.79 Å². The van der Waals surface area contributed by atoms with E-state index in [2.05, 4.69) is 36.6 Å². The highest BCUT2D eigenvalue weighted by atomic mass is 16.1. The molecule has 100 valence electrons. The lowest BCUT2D eigenvalue weighted by Crippen LogP contribution is -2.41. The third-order valence-electron chi connectivity index (χ3n) is 3.26. The zero-order chi connectivity index (χ0) is 12.7. The monoisotopic (exact) mass is 241 g/mol. The summed E-state index contributed by atoms with van der Waals surface area (Å²) in [6.07, 6.45) is 5.28. The second kappa shape index (κ2) is 7.67. The van der Waals surface area contributed by atoms with Crippen LogP contribution in [0.2, 0.25) is 0 Å². The van der Waals surface area contributed by atoms with Crippen LogP contribution < -0.4 is 10.6 Å². The number of amides is 1. The van der Waals surface area contributed by atoms with Crippen LogP contribution in [-0.4, -0.2) is 50.1 Å². The number of hydrogen-bond acceptors (Lipinski definition) is 3. The summed E-state index contributed by atoms with van der Waals surface area (Å²) < 4.78 is 0. The summed E-state index contributed by atoms with van der Waals surface area (Å²) in [4.78, 5) is 13.9. The Morgan fingerprint density at radius 1 is 1.47 bits per heavy atom. The van der Waals surface area contributed by atoms with Gasteiger partial charge in [0.15, 0.2) is 0 Å². The van der Waals surface area contributed by atoms with Crippen LogP contribution in [0.4, 0.5) is 0 Å². The summed E-state index contributed by atoms with van der Waals surface area (Å²) in [6.45, 7) is 4.16. The smallest absolute Gasteiger partial charge is 0.221 e. The number of carbonyl (C=O) groups is 1. The van der Waals surface area contributed by atoms with E-state index in [9.17, 15) is 4.79 Å². The zero-order valence-corrected chi connectivity index (χ0v) is 11.5. The van der Waals surface area contributed by atoms with Crippen molar-refractivity contribution in [2.75, 3.05) is 27.2 Å². The van der Waals surface area contributed by atoms with E-state index >= 15 is 0 Å².